The summed E-state index contributed by atoms with van der Waals surface area (Å²) in [6.07, 6.45) is -0.0924. The Hall–Kier alpha value is -0.630. The van der Waals surface area contributed by atoms with Crippen LogP contribution in [-0.4, -0.2) is 38.5 Å². The zero-order valence-corrected chi connectivity index (χ0v) is 12.4. The third kappa shape index (κ3) is 2.69. The number of anilines is 1. The van der Waals surface area contributed by atoms with E-state index in [4.69, 9.17) is 10.5 Å². The van der Waals surface area contributed by atoms with E-state index in [2.05, 4.69) is 15.9 Å². The second-order valence-corrected chi connectivity index (χ2v) is 7.05. The highest BCUT2D eigenvalue weighted by molar-refractivity contribution is 9.10. The van der Waals surface area contributed by atoms with Gasteiger partial charge in [0.1, 0.15) is 4.90 Å². The standard InChI is InChI=1S/C11H15BrN2O3S/c1-8-7-14(4-5-17-8)18(15,16)11-3-2-9(12)6-10(11)13/h2-3,6,8H,4-5,7,13H2,1H3. The van der Waals surface area contributed by atoms with Crippen LogP contribution in [0.25, 0.3) is 0 Å². The molecule has 0 radical (unpaired) electrons. The number of nitrogens with zero attached hydrogens (tertiary/aromatic N) is 1. The smallest absolute Gasteiger partial charge is 0.245 e. The van der Waals surface area contributed by atoms with Gasteiger partial charge in [-0.15, -0.1) is 0 Å². The van der Waals surface area contributed by atoms with Gasteiger partial charge in [-0.1, -0.05) is 15.9 Å². The average molecular weight is 335 g/mol. The molecule has 1 aromatic rings. The van der Waals surface area contributed by atoms with Gasteiger partial charge in [-0.2, -0.15) is 4.31 Å². The normalized spacial score (nSPS) is 22.0. The molecule has 1 atom stereocenters. The minimum Gasteiger partial charge on any atom is -0.398 e. The minimum atomic E-state index is -3.53. The Morgan fingerprint density at radius 2 is 2.22 bits per heavy atom. The van der Waals surface area contributed by atoms with Crippen LogP contribution in [0.1, 0.15) is 6.92 Å². The first-order chi connectivity index (χ1) is 8.41. The number of benzene rings is 1. The monoisotopic (exact) mass is 334 g/mol. The number of nitrogens with two attached hydrogens (primary N) is 1. The van der Waals surface area contributed by atoms with Crippen molar-refractivity contribution in [2.45, 2.75) is 17.9 Å². The lowest BCUT2D eigenvalue weighted by Crippen LogP contribution is -2.44. The van der Waals surface area contributed by atoms with Crippen molar-refractivity contribution in [3.8, 4) is 0 Å². The molecule has 0 spiro atoms. The first-order valence-corrected chi connectivity index (χ1v) is 7.81. The molecule has 0 amide bonds. The third-order valence-corrected chi connectivity index (χ3v) is 5.23. The lowest BCUT2D eigenvalue weighted by molar-refractivity contribution is 0.0102. The van der Waals surface area contributed by atoms with Gasteiger partial charge in [-0.25, -0.2) is 8.42 Å². The van der Waals surface area contributed by atoms with Gasteiger partial charge in [0.25, 0.3) is 0 Å². The van der Waals surface area contributed by atoms with Crippen molar-refractivity contribution < 1.29 is 13.2 Å². The summed E-state index contributed by atoms with van der Waals surface area (Å²) in [6, 6.07) is 4.79. The zero-order valence-electron chi connectivity index (χ0n) is 9.97. The Morgan fingerprint density at radius 3 is 2.83 bits per heavy atom. The van der Waals surface area contributed by atoms with Crippen molar-refractivity contribution in [1.82, 2.24) is 4.31 Å². The Morgan fingerprint density at radius 1 is 1.50 bits per heavy atom. The van der Waals surface area contributed by atoms with Crippen molar-refractivity contribution in [2.24, 2.45) is 0 Å². The second-order valence-electron chi connectivity index (χ2n) is 4.23. The largest absolute Gasteiger partial charge is 0.398 e. The first kappa shape index (κ1) is 13.8. The van der Waals surface area contributed by atoms with Crippen molar-refractivity contribution in [2.75, 3.05) is 25.4 Å². The fourth-order valence-corrected chi connectivity index (χ4v) is 3.87. The first-order valence-electron chi connectivity index (χ1n) is 5.58. The number of rotatable bonds is 2. The van der Waals surface area contributed by atoms with Crippen LogP contribution in [0.15, 0.2) is 27.6 Å². The Kier molecular flexibility index (Phi) is 3.96. The van der Waals surface area contributed by atoms with Crippen LogP contribution in [0.3, 0.4) is 0 Å². The number of hydrogen-bond acceptors (Lipinski definition) is 4. The number of nitrogen functional groups attached to an aromatic ring is 1. The van der Waals surface area contributed by atoms with E-state index in [1.54, 1.807) is 12.1 Å². The van der Waals surface area contributed by atoms with Gasteiger partial charge in [-0.05, 0) is 25.1 Å². The maximum absolute atomic E-state index is 12.4. The van der Waals surface area contributed by atoms with Gasteiger partial charge in [-0.3, -0.25) is 0 Å². The van der Waals surface area contributed by atoms with E-state index in [1.807, 2.05) is 6.92 Å². The van der Waals surface area contributed by atoms with Gasteiger partial charge in [0.05, 0.1) is 18.4 Å². The predicted octanol–water partition coefficient (Wildman–Crippen LogP) is 1.44. The topological polar surface area (TPSA) is 72.6 Å². The lowest BCUT2D eigenvalue weighted by atomic mass is 10.3. The highest BCUT2D eigenvalue weighted by atomic mass is 79.9. The molecule has 0 aromatic heterocycles. The molecular formula is C11H15BrN2O3S. The van der Waals surface area contributed by atoms with Crippen molar-refractivity contribution in [3.05, 3.63) is 22.7 Å². The molecule has 7 heteroatoms. The summed E-state index contributed by atoms with van der Waals surface area (Å²) in [6.45, 7) is 2.99. The van der Waals surface area contributed by atoms with Gasteiger partial charge in [0.15, 0.2) is 0 Å². The molecule has 0 aliphatic carbocycles. The van der Waals surface area contributed by atoms with E-state index in [0.717, 1.165) is 4.47 Å². The SMILES string of the molecule is CC1CN(S(=O)(=O)c2ccc(Br)cc2N)CCO1. The van der Waals surface area contributed by atoms with Crippen LogP contribution in [0, 0.1) is 0 Å². The summed E-state index contributed by atoms with van der Waals surface area (Å²) >= 11 is 3.26. The highest BCUT2D eigenvalue weighted by Crippen LogP contribution is 2.26. The van der Waals surface area contributed by atoms with Crippen LogP contribution in [0.2, 0.25) is 0 Å². The minimum absolute atomic E-state index is 0.0924. The number of hydrogen-bond donors (Lipinski definition) is 1. The summed E-state index contributed by atoms with van der Waals surface area (Å²) in [5.74, 6) is 0. The van der Waals surface area contributed by atoms with E-state index < -0.39 is 10.0 Å². The highest BCUT2D eigenvalue weighted by Gasteiger charge is 2.30. The van der Waals surface area contributed by atoms with Crippen molar-refractivity contribution in [3.63, 3.8) is 0 Å². The van der Waals surface area contributed by atoms with E-state index in [0.29, 0.717) is 19.7 Å². The molecule has 1 saturated heterocycles. The molecule has 1 aliphatic rings. The summed E-state index contributed by atoms with van der Waals surface area (Å²) in [5.41, 5.74) is 6.04. The summed E-state index contributed by atoms with van der Waals surface area (Å²) < 4.78 is 32.4. The molecule has 1 heterocycles. The Balaban J connectivity index is 2.35. The molecule has 5 nitrogen and oxygen atoms in total. The quantitative estimate of drug-likeness (QED) is 0.830. The van der Waals surface area contributed by atoms with Crippen molar-refractivity contribution >= 4 is 31.6 Å². The molecule has 1 fully saturated rings. The fraction of sp³-hybridized carbons (Fsp3) is 0.455. The molecule has 0 bridgehead atoms. The molecule has 2 rings (SSSR count). The van der Waals surface area contributed by atoms with Crippen molar-refractivity contribution in [1.29, 1.82) is 0 Å². The molecule has 1 aliphatic heterocycles. The molecule has 1 unspecified atom stereocenters. The van der Waals surface area contributed by atoms with Crippen LogP contribution in [-0.2, 0) is 14.8 Å². The summed E-state index contributed by atoms with van der Waals surface area (Å²) in [5, 5.41) is 0. The van der Waals surface area contributed by atoms with Gasteiger partial charge in [0.2, 0.25) is 10.0 Å². The average Bonchev–Trinajstić information content (AvgIpc) is 2.28. The van der Waals surface area contributed by atoms with Crippen LogP contribution in [0.4, 0.5) is 5.69 Å². The number of sulfonamides is 1. The number of morpholine rings is 1. The maximum Gasteiger partial charge on any atom is 0.245 e. The zero-order chi connectivity index (χ0) is 13.3. The second kappa shape index (κ2) is 5.16. The predicted molar refractivity (Wildman–Crippen MR) is 72.7 cm³/mol. The molecule has 2 N–H and O–H groups in total. The molecule has 0 saturated carbocycles. The van der Waals surface area contributed by atoms with Crippen LogP contribution < -0.4 is 5.73 Å². The number of ether oxygens (including phenoxy) is 1. The Bertz CT molecular complexity index is 547. The van der Waals surface area contributed by atoms with E-state index in [-0.39, 0.29) is 16.7 Å². The van der Waals surface area contributed by atoms with Gasteiger partial charge >= 0.3 is 0 Å². The van der Waals surface area contributed by atoms with Gasteiger partial charge in [0, 0.05) is 17.6 Å². The molecule has 18 heavy (non-hydrogen) atoms. The molecule has 1 aromatic carbocycles. The fourth-order valence-electron chi connectivity index (χ4n) is 1.90. The van der Waals surface area contributed by atoms with Crippen LogP contribution >= 0.6 is 15.9 Å². The maximum atomic E-state index is 12.4. The van der Waals surface area contributed by atoms with Crippen LogP contribution in [0.5, 0.6) is 0 Å². The van der Waals surface area contributed by atoms with E-state index in [1.165, 1.54) is 10.4 Å². The van der Waals surface area contributed by atoms with Gasteiger partial charge < -0.3 is 10.5 Å². The molecular weight excluding hydrogens is 320 g/mol. The molecule has 100 valence electrons. The van der Waals surface area contributed by atoms with E-state index in [9.17, 15) is 8.42 Å². The third-order valence-electron chi connectivity index (χ3n) is 2.79. The Labute approximate surface area is 115 Å². The van der Waals surface area contributed by atoms with E-state index >= 15 is 0 Å². The lowest BCUT2D eigenvalue weighted by Gasteiger charge is -2.30. The summed E-state index contributed by atoms with van der Waals surface area (Å²) in [4.78, 5) is 0.153. The summed E-state index contributed by atoms with van der Waals surface area (Å²) in [7, 11) is -3.53. The number of halogens is 1.